The number of anilines is 1. The molecule has 2 unspecified atom stereocenters. The van der Waals surface area contributed by atoms with E-state index in [0.717, 1.165) is 42.0 Å². The van der Waals surface area contributed by atoms with Crippen LogP contribution in [0.25, 0.3) is 16.7 Å². The topological polar surface area (TPSA) is 97.6 Å². The summed E-state index contributed by atoms with van der Waals surface area (Å²) in [4.78, 5) is 11.6. The minimum absolute atomic E-state index is 0.223. The Morgan fingerprint density at radius 3 is 2.72 bits per heavy atom. The Bertz CT molecular complexity index is 1020. The van der Waals surface area contributed by atoms with E-state index in [1.54, 1.807) is 32.0 Å². The van der Waals surface area contributed by atoms with Crippen LogP contribution in [0.5, 0.6) is 11.5 Å². The van der Waals surface area contributed by atoms with Crippen LogP contribution in [0.4, 0.5) is 5.82 Å². The van der Waals surface area contributed by atoms with E-state index in [1.165, 1.54) is 0 Å². The first-order chi connectivity index (χ1) is 14.0. The van der Waals surface area contributed by atoms with E-state index in [1.807, 2.05) is 25.1 Å². The van der Waals surface area contributed by atoms with Crippen molar-refractivity contribution in [3.8, 4) is 17.2 Å². The van der Waals surface area contributed by atoms with Crippen LogP contribution in [-0.4, -0.2) is 64.4 Å². The van der Waals surface area contributed by atoms with Gasteiger partial charge in [-0.1, -0.05) is 0 Å². The molecule has 1 aliphatic heterocycles. The highest BCUT2D eigenvalue weighted by molar-refractivity contribution is 5.88. The number of aryl methyl sites for hydroxylation is 1. The number of hydrogen-bond donors (Lipinski definition) is 2. The van der Waals surface area contributed by atoms with Gasteiger partial charge >= 0.3 is 0 Å². The smallest absolute Gasteiger partial charge is 0.168 e. The maximum absolute atomic E-state index is 9.61. The number of rotatable bonds is 6. The summed E-state index contributed by atoms with van der Waals surface area (Å²) in [7, 11) is 3.22. The molecule has 2 atom stereocenters. The molecule has 0 bridgehead atoms. The summed E-state index contributed by atoms with van der Waals surface area (Å²) in [6.45, 7) is 5.26. The second kappa shape index (κ2) is 7.84. The largest absolute Gasteiger partial charge is 0.493 e. The summed E-state index contributed by atoms with van der Waals surface area (Å²) in [6, 6.07) is 5.87. The number of aromatic nitrogens is 4. The molecule has 9 heteroatoms. The maximum Gasteiger partial charge on any atom is 0.168 e. The summed E-state index contributed by atoms with van der Waals surface area (Å²) in [5, 5.41) is 18.3. The number of nitrogens with one attached hydrogen (secondary N) is 1. The molecule has 0 saturated carbocycles. The molecular formula is C20H26N6O3. The second-order valence-corrected chi connectivity index (χ2v) is 7.20. The number of aliphatic hydroxyl groups excluding tert-OH is 1. The van der Waals surface area contributed by atoms with Crippen LogP contribution >= 0.6 is 0 Å². The van der Waals surface area contributed by atoms with Crippen molar-refractivity contribution in [2.24, 2.45) is 0 Å². The van der Waals surface area contributed by atoms with Gasteiger partial charge in [0.05, 0.1) is 31.5 Å². The number of hydrogen-bond acceptors (Lipinski definition) is 8. The van der Waals surface area contributed by atoms with Gasteiger partial charge in [0.25, 0.3) is 0 Å². The Morgan fingerprint density at radius 2 is 2.00 bits per heavy atom. The van der Waals surface area contributed by atoms with E-state index in [4.69, 9.17) is 14.5 Å². The predicted molar refractivity (Wildman–Crippen MR) is 110 cm³/mol. The molecule has 1 aromatic carbocycles. The Labute approximate surface area is 169 Å². The molecule has 2 aromatic heterocycles. The fraction of sp³-hybridized carbons (Fsp3) is 0.450. The molecule has 9 nitrogen and oxygen atoms in total. The Hall–Kier alpha value is -2.91. The minimum atomic E-state index is -0.528. The van der Waals surface area contributed by atoms with Crippen molar-refractivity contribution in [1.29, 1.82) is 0 Å². The van der Waals surface area contributed by atoms with E-state index >= 15 is 0 Å². The molecule has 2 N–H and O–H groups in total. The molecule has 1 aliphatic rings. The van der Waals surface area contributed by atoms with E-state index in [2.05, 4.69) is 20.3 Å². The van der Waals surface area contributed by atoms with Crippen molar-refractivity contribution < 1.29 is 14.6 Å². The summed E-state index contributed by atoms with van der Waals surface area (Å²) in [6.07, 6.45) is 2.22. The van der Waals surface area contributed by atoms with Gasteiger partial charge in [0.1, 0.15) is 17.9 Å². The Kier molecular flexibility index (Phi) is 5.25. The standard InChI is InChI=1S/C20H26N6O3/c1-12-22-19(25-8-7-14(11-25)24-13(2)27)16-10-21-26(20(16)23-12)15-5-6-17(28-3)18(9-15)29-4/h5-6,9-10,13-14,24,27H,7-8,11H2,1-4H3. The number of fused-ring (bicyclic) bond motifs is 1. The zero-order valence-corrected chi connectivity index (χ0v) is 17.1. The van der Waals surface area contributed by atoms with Gasteiger partial charge in [-0.25, -0.2) is 14.6 Å². The van der Waals surface area contributed by atoms with Gasteiger partial charge in [-0.3, -0.25) is 5.32 Å². The van der Waals surface area contributed by atoms with Gasteiger partial charge in [-0.15, -0.1) is 0 Å². The average molecular weight is 398 g/mol. The molecule has 0 spiro atoms. The molecular weight excluding hydrogens is 372 g/mol. The van der Waals surface area contributed by atoms with Crippen LogP contribution in [0.2, 0.25) is 0 Å². The van der Waals surface area contributed by atoms with E-state index < -0.39 is 6.23 Å². The van der Waals surface area contributed by atoms with Crippen molar-refractivity contribution in [3.05, 3.63) is 30.2 Å². The number of benzene rings is 1. The van der Waals surface area contributed by atoms with Gasteiger partial charge in [-0.05, 0) is 32.4 Å². The van der Waals surface area contributed by atoms with Crippen molar-refractivity contribution in [2.75, 3.05) is 32.2 Å². The fourth-order valence-electron chi connectivity index (χ4n) is 3.82. The normalized spacial score (nSPS) is 17.7. The van der Waals surface area contributed by atoms with E-state index in [9.17, 15) is 5.11 Å². The van der Waals surface area contributed by atoms with Crippen molar-refractivity contribution >= 4 is 16.9 Å². The quantitative estimate of drug-likeness (QED) is 0.605. The molecule has 29 heavy (non-hydrogen) atoms. The van der Waals surface area contributed by atoms with Crippen LogP contribution in [0.3, 0.4) is 0 Å². The third-order valence-electron chi connectivity index (χ3n) is 5.10. The summed E-state index contributed by atoms with van der Waals surface area (Å²) in [5.41, 5.74) is 1.57. The zero-order chi connectivity index (χ0) is 20.5. The van der Waals surface area contributed by atoms with Crippen LogP contribution in [0.15, 0.2) is 24.4 Å². The summed E-state index contributed by atoms with van der Waals surface area (Å²) in [5.74, 6) is 2.84. The van der Waals surface area contributed by atoms with Gasteiger partial charge in [0.15, 0.2) is 17.1 Å². The van der Waals surface area contributed by atoms with Gasteiger partial charge in [0.2, 0.25) is 0 Å². The van der Waals surface area contributed by atoms with E-state index in [0.29, 0.717) is 17.3 Å². The molecule has 154 valence electrons. The first-order valence-electron chi connectivity index (χ1n) is 9.64. The Balaban J connectivity index is 1.73. The first-order valence-corrected chi connectivity index (χ1v) is 9.64. The number of aliphatic hydroxyl groups is 1. The monoisotopic (exact) mass is 398 g/mol. The number of ether oxygens (including phenoxy) is 2. The lowest BCUT2D eigenvalue weighted by molar-refractivity contribution is 0.143. The lowest BCUT2D eigenvalue weighted by Crippen LogP contribution is -2.38. The third kappa shape index (κ3) is 3.70. The molecule has 3 aromatic rings. The molecule has 0 amide bonds. The van der Waals surface area contributed by atoms with Crippen molar-refractivity contribution in [1.82, 2.24) is 25.1 Å². The van der Waals surface area contributed by atoms with Crippen molar-refractivity contribution in [2.45, 2.75) is 32.5 Å². The zero-order valence-electron chi connectivity index (χ0n) is 17.1. The molecule has 0 aliphatic carbocycles. The van der Waals surface area contributed by atoms with Gasteiger partial charge in [0, 0.05) is 25.2 Å². The maximum atomic E-state index is 9.61. The van der Waals surface area contributed by atoms with Gasteiger partial charge in [-0.2, -0.15) is 5.10 Å². The second-order valence-electron chi connectivity index (χ2n) is 7.20. The number of nitrogens with zero attached hydrogens (tertiary/aromatic N) is 5. The molecule has 3 heterocycles. The SMILES string of the molecule is COc1ccc(-n2ncc3c(N4CCC(NC(C)O)C4)nc(C)nc32)cc1OC. The van der Waals surface area contributed by atoms with Crippen LogP contribution in [0.1, 0.15) is 19.2 Å². The lowest BCUT2D eigenvalue weighted by atomic mass is 10.2. The Morgan fingerprint density at radius 1 is 1.21 bits per heavy atom. The van der Waals surface area contributed by atoms with Crippen LogP contribution in [0, 0.1) is 6.92 Å². The predicted octanol–water partition coefficient (Wildman–Crippen LogP) is 1.65. The minimum Gasteiger partial charge on any atom is -0.493 e. The summed E-state index contributed by atoms with van der Waals surface area (Å²) < 4.78 is 12.5. The fourth-order valence-corrected chi connectivity index (χ4v) is 3.82. The van der Waals surface area contributed by atoms with Crippen LogP contribution in [-0.2, 0) is 0 Å². The molecule has 1 fully saturated rings. The van der Waals surface area contributed by atoms with Crippen LogP contribution < -0.4 is 19.7 Å². The van der Waals surface area contributed by atoms with Gasteiger partial charge < -0.3 is 19.5 Å². The van der Waals surface area contributed by atoms with E-state index in [-0.39, 0.29) is 6.04 Å². The highest BCUT2D eigenvalue weighted by Crippen LogP contribution is 2.32. The molecule has 0 radical (unpaired) electrons. The lowest BCUT2D eigenvalue weighted by Gasteiger charge is -2.20. The number of methoxy groups -OCH3 is 2. The molecule has 4 rings (SSSR count). The highest BCUT2D eigenvalue weighted by atomic mass is 16.5. The summed E-state index contributed by atoms with van der Waals surface area (Å²) >= 11 is 0. The average Bonchev–Trinajstić information content (AvgIpc) is 3.33. The molecule has 1 saturated heterocycles. The third-order valence-corrected chi connectivity index (χ3v) is 5.10. The van der Waals surface area contributed by atoms with Crippen molar-refractivity contribution in [3.63, 3.8) is 0 Å². The first kappa shape index (κ1) is 19.4. The highest BCUT2D eigenvalue weighted by Gasteiger charge is 2.27.